The Labute approximate surface area is 229 Å². The number of para-hydroxylation sites is 1. The van der Waals surface area contributed by atoms with Gasteiger partial charge in [-0.05, 0) is 61.6 Å². The van der Waals surface area contributed by atoms with E-state index < -0.39 is 6.16 Å². The number of amides is 1. The fraction of sp³-hybridized carbons (Fsp3) is 0.308. The van der Waals surface area contributed by atoms with E-state index in [1.54, 1.807) is 43.3 Å². The number of fused-ring (bicyclic) bond motifs is 4. The fourth-order valence-corrected chi connectivity index (χ4v) is 5.24. The Morgan fingerprint density at radius 2 is 1.92 bits per heavy atom. The molecule has 198 valence electrons. The van der Waals surface area contributed by atoms with Gasteiger partial charge in [0.15, 0.2) is 5.82 Å². The predicted octanol–water partition coefficient (Wildman–Crippen LogP) is 5.78. The van der Waals surface area contributed by atoms with Crippen LogP contribution in [-0.2, 0) is 16.0 Å². The molecule has 5 rings (SSSR count). The fourth-order valence-electron chi connectivity index (χ4n) is 4.87. The van der Waals surface area contributed by atoms with Crippen molar-refractivity contribution in [2.45, 2.75) is 38.3 Å². The minimum Gasteiger partial charge on any atom is -0.433 e. The highest BCUT2D eigenvalue weighted by atomic mass is 35.5. The van der Waals surface area contributed by atoms with Crippen molar-refractivity contribution >= 4 is 58.4 Å². The third-order valence-corrected chi connectivity index (χ3v) is 7.16. The van der Waals surface area contributed by atoms with E-state index >= 15 is 0 Å². The number of rotatable bonds is 7. The van der Waals surface area contributed by atoms with Gasteiger partial charge in [-0.15, -0.1) is 5.06 Å². The van der Waals surface area contributed by atoms with Gasteiger partial charge in [0, 0.05) is 7.05 Å². The third-order valence-electron chi connectivity index (χ3n) is 6.57. The Kier molecular flexibility index (Phi) is 7.55. The topological polar surface area (TPSA) is 118 Å². The van der Waals surface area contributed by atoms with Crippen molar-refractivity contribution in [1.29, 1.82) is 0 Å². The van der Waals surface area contributed by atoms with E-state index in [1.807, 2.05) is 12.1 Å². The van der Waals surface area contributed by atoms with Crippen LogP contribution in [0.4, 0.5) is 27.9 Å². The monoisotopic (exact) mass is 556 g/mol. The number of hydroxylamine groups is 2. The third kappa shape index (κ3) is 5.20. The molecule has 10 nitrogen and oxygen atoms in total. The summed E-state index contributed by atoms with van der Waals surface area (Å²) in [4.78, 5) is 38.6. The number of halogens is 2. The Morgan fingerprint density at radius 3 is 2.71 bits per heavy atom. The molecule has 2 aromatic carbocycles. The first-order chi connectivity index (χ1) is 18.4. The second-order valence-corrected chi connectivity index (χ2v) is 9.70. The summed E-state index contributed by atoms with van der Waals surface area (Å²) >= 11 is 13.0. The quantitative estimate of drug-likeness (QED) is 0.311. The van der Waals surface area contributed by atoms with Crippen molar-refractivity contribution in [3.05, 3.63) is 69.3 Å². The molecule has 0 radical (unpaired) electrons. The number of nitrogens with one attached hydrogen (secondary N) is 3. The van der Waals surface area contributed by atoms with Gasteiger partial charge in [-0.2, -0.15) is 4.98 Å². The highest BCUT2D eigenvalue weighted by Crippen LogP contribution is 2.46. The molecule has 3 heterocycles. The SMILES string of the molecule is CCOC(=O)ON1C2CCC1c1cc(Nc3ncc(Cl)c(Nc4ccccc4C(=O)NC)n3)c(Cl)cc1C2. The Bertz CT molecular complexity index is 1390. The van der Waals surface area contributed by atoms with Gasteiger partial charge in [0.25, 0.3) is 5.91 Å². The molecule has 1 fully saturated rings. The van der Waals surface area contributed by atoms with Crippen molar-refractivity contribution in [2.24, 2.45) is 0 Å². The number of nitrogens with zero attached hydrogens (tertiary/aromatic N) is 3. The summed E-state index contributed by atoms with van der Waals surface area (Å²) in [6.07, 6.45) is 3.21. The van der Waals surface area contributed by atoms with Crippen LogP contribution in [0.1, 0.15) is 47.3 Å². The van der Waals surface area contributed by atoms with Crippen LogP contribution >= 0.6 is 23.2 Å². The maximum atomic E-state index is 12.3. The molecule has 3 N–H and O–H groups in total. The number of hydrogen-bond acceptors (Lipinski definition) is 9. The van der Waals surface area contributed by atoms with E-state index in [4.69, 9.17) is 32.8 Å². The number of hydrogen-bond donors (Lipinski definition) is 3. The summed E-state index contributed by atoms with van der Waals surface area (Å²) in [5, 5.41) is 11.4. The van der Waals surface area contributed by atoms with Gasteiger partial charge in [0.1, 0.15) is 5.02 Å². The molecule has 3 aromatic rings. The lowest BCUT2D eigenvalue weighted by Gasteiger charge is -2.34. The number of aromatic nitrogens is 2. The second-order valence-electron chi connectivity index (χ2n) is 8.88. The van der Waals surface area contributed by atoms with Gasteiger partial charge in [-0.25, -0.2) is 9.78 Å². The van der Waals surface area contributed by atoms with Gasteiger partial charge in [-0.3, -0.25) is 4.79 Å². The average Bonchev–Trinajstić information content (AvgIpc) is 3.18. The van der Waals surface area contributed by atoms with Crippen molar-refractivity contribution in [3.8, 4) is 0 Å². The van der Waals surface area contributed by atoms with Gasteiger partial charge < -0.3 is 25.5 Å². The van der Waals surface area contributed by atoms with Crippen LogP contribution in [-0.4, -0.2) is 46.8 Å². The van der Waals surface area contributed by atoms with Crippen LogP contribution < -0.4 is 16.0 Å². The molecule has 38 heavy (non-hydrogen) atoms. The molecule has 1 aromatic heterocycles. The van der Waals surface area contributed by atoms with Crippen LogP contribution in [0.25, 0.3) is 0 Å². The van der Waals surface area contributed by atoms with Crippen molar-refractivity contribution in [2.75, 3.05) is 24.3 Å². The van der Waals surface area contributed by atoms with Gasteiger partial charge in [0.05, 0.1) is 46.8 Å². The molecule has 2 aliphatic heterocycles. The lowest BCUT2D eigenvalue weighted by molar-refractivity contribution is -0.165. The van der Waals surface area contributed by atoms with E-state index in [0.717, 1.165) is 24.0 Å². The lowest BCUT2D eigenvalue weighted by atomic mass is 9.94. The molecule has 2 bridgehead atoms. The normalized spacial score (nSPS) is 17.9. The first-order valence-electron chi connectivity index (χ1n) is 12.2. The van der Waals surface area contributed by atoms with E-state index in [2.05, 4.69) is 25.9 Å². The molecule has 1 amide bonds. The predicted molar refractivity (Wildman–Crippen MR) is 144 cm³/mol. The van der Waals surface area contributed by atoms with Crippen LogP contribution in [0, 0.1) is 0 Å². The zero-order chi connectivity index (χ0) is 26.8. The molecule has 0 aliphatic carbocycles. The maximum Gasteiger partial charge on any atom is 0.527 e. The Hall–Kier alpha value is -3.60. The molecule has 2 unspecified atom stereocenters. The van der Waals surface area contributed by atoms with Crippen LogP contribution in [0.3, 0.4) is 0 Å². The summed E-state index contributed by atoms with van der Waals surface area (Å²) in [5.41, 5.74) is 3.72. The molecule has 1 saturated heterocycles. The molecule has 2 aliphatic rings. The summed E-state index contributed by atoms with van der Waals surface area (Å²) in [6, 6.07) is 10.9. The lowest BCUT2D eigenvalue weighted by Crippen LogP contribution is -2.39. The van der Waals surface area contributed by atoms with E-state index in [0.29, 0.717) is 34.2 Å². The minimum atomic E-state index is -0.701. The van der Waals surface area contributed by atoms with Crippen molar-refractivity contribution in [1.82, 2.24) is 20.3 Å². The molecule has 2 atom stereocenters. The highest BCUT2D eigenvalue weighted by molar-refractivity contribution is 6.33. The second kappa shape index (κ2) is 11.0. The zero-order valence-corrected chi connectivity index (χ0v) is 22.3. The van der Waals surface area contributed by atoms with Crippen molar-refractivity contribution < 1.29 is 19.2 Å². The molecular formula is C26H26Cl2N6O4. The number of ether oxygens (including phenoxy) is 1. The summed E-state index contributed by atoms with van der Waals surface area (Å²) < 4.78 is 4.98. The highest BCUT2D eigenvalue weighted by Gasteiger charge is 2.43. The largest absolute Gasteiger partial charge is 0.527 e. The van der Waals surface area contributed by atoms with Crippen LogP contribution in [0.2, 0.25) is 10.0 Å². The summed E-state index contributed by atoms with van der Waals surface area (Å²) in [5.74, 6) is 0.339. The number of carbonyl (C=O) groups excluding carboxylic acids is 2. The average molecular weight is 557 g/mol. The van der Waals surface area contributed by atoms with E-state index in [9.17, 15) is 9.59 Å². The van der Waals surface area contributed by atoms with Crippen LogP contribution in [0.15, 0.2) is 42.6 Å². The summed E-state index contributed by atoms with van der Waals surface area (Å²) in [6.45, 7) is 1.99. The number of benzene rings is 2. The molecular weight excluding hydrogens is 531 g/mol. The molecule has 0 saturated carbocycles. The summed E-state index contributed by atoms with van der Waals surface area (Å²) in [7, 11) is 1.56. The number of carbonyl (C=O) groups is 2. The first kappa shape index (κ1) is 26.0. The van der Waals surface area contributed by atoms with E-state index in [-0.39, 0.29) is 35.6 Å². The standard InChI is InChI=1S/C26H26Cl2N6O4/c1-3-37-26(36)38-34-15-8-9-22(34)17-12-21(18(27)11-14(17)10-15)32-25-30-13-19(28)23(33-25)31-20-7-5-4-6-16(20)24(35)29-2/h4-7,11-13,15,22H,3,8-10H2,1-2H3,(H,29,35)(H2,30,31,32,33). The minimum absolute atomic E-state index is 0.0812. The molecule has 12 heteroatoms. The smallest absolute Gasteiger partial charge is 0.433 e. The maximum absolute atomic E-state index is 12.3. The van der Waals surface area contributed by atoms with Gasteiger partial charge in [-0.1, -0.05) is 35.3 Å². The Balaban J connectivity index is 1.40. The molecule has 0 spiro atoms. The van der Waals surface area contributed by atoms with Gasteiger partial charge in [0.2, 0.25) is 5.95 Å². The number of anilines is 4. The van der Waals surface area contributed by atoms with E-state index in [1.165, 1.54) is 6.20 Å². The first-order valence-corrected chi connectivity index (χ1v) is 13.0. The van der Waals surface area contributed by atoms with Crippen molar-refractivity contribution in [3.63, 3.8) is 0 Å². The zero-order valence-electron chi connectivity index (χ0n) is 20.8. The Morgan fingerprint density at radius 1 is 1.11 bits per heavy atom. The van der Waals surface area contributed by atoms with Crippen LogP contribution in [0.5, 0.6) is 0 Å². The van der Waals surface area contributed by atoms with Gasteiger partial charge >= 0.3 is 6.16 Å².